The van der Waals surface area contributed by atoms with Gasteiger partial charge in [-0.1, -0.05) is 18.2 Å². The van der Waals surface area contributed by atoms with E-state index >= 15 is 0 Å². The van der Waals surface area contributed by atoms with Gasteiger partial charge in [-0.3, -0.25) is 4.79 Å². The van der Waals surface area contributed by atoms with Gasteiger partial charge < -0.3 is 9.64 Å². The molecule has 3 heterocycles. The number of halogens is 3. The summed E-state index contributed by atoms with van der Waals surface area (Å²) in [5, 5.41) is 4.26. The molecule has 5 rings (SSSR count). The summed E-state index contributed by atoms with van der Waals surface area (Å²) in [5.74, 6) is 0.358. The fraction of sp³-hybridized carbons (Fsp3) is 0.318. The Bertz CT molecular complexity index is 1170. The number of fused-ring (bicyclic) bond motifs is 1. The van der Waals surface area contributed by atoms with Crippen molar-refractivity contribution in [3.63, 3.8) is 0 Å². The predicted molar refractivity (Wildman–Crippen MR) is 106 cm³/mol. The molecule has 2 aromatic carbocycles. The smallest absolute Gasteiger partial charge is 0.379 e. The quantitative estimate of drug-likeness (QED) is 0.635. The predicted octanol–water partition coefficient (Wildman–Crippen LogP) is 3.73. The molecule has 9 heteroatoms. The minimum atomic E-state index is -4.51. The van der Waals surface area contributed by atoms with Gasteiger partial charge in [-0.25, -0.2) is 9.67 Å². The molecule has 0 N–H and O–H groups in total. The van der Waals surface area contributed by atoms with Crippen molar-refractivity contribution >= 4 is 11.6 Å². The molecule has 160 valence electrons. The van der Waals surface area contributed by atoms with Crippen LogP contribution in [0.3, 0.4) is 0 Å². The molecule has 3 aromatic rings. The van der Waals surface area contributed by atoms with E-state index in [0.29, 0.717) is 25.4 Å². The van der Waals surface area contributed by atoms with E-state index in [-0.39, 0.29) is 23.1 Å². The van der Waals surface area contributed by atoms with Crippen molar-refractivity contribution < 1.29 is 22.7 Å². The standard InChI is InChI=1S/C22H19F3N4O2/c1-14-26-13-27-29(14)10-21(11-31-12-21)15-4-2-5-16(8-15)28-9-18-17(20(28)30)6-3-7-19(18)22(23,24)25/h2-8,13H,9-12H2,1H3. The summed E-state index contributed by atoms with van der Waals surface area (Å²) in [6, 6.07) is 11.1. The van der Waals surface area contributed by atoms with E-state index in [2.05, 4.69) is 10.1 Å². The molecule has 1 amide bonds. The zero-order valence-electron chi connectivity index (χ0n) is 16.7. The van der Waals surface area contributed by atoms with Crippen molar-refractivity contribution in [1.82, 2.24) is 14.8 Å². The summed E-state index contributed by atoms with van der Waals surface area (Å²) < 4.78 is 47.6. The molecule has 1 aromatic heterocycles. The van der Waals surface area contributed by atoms with Crippen molar-refractivity contribution in [2.75, 3.05) is 18.1 Å². The molecule has 0 saturated carbocycles. The molecule has 2 aliphatic rings. The average Bonchev–Trinajstić information content (AvgIpc) is 3.27. The molecule has 1 saturated heterocycles. The minimum absolute atomic E-state index is 0.0188. The van der Waals surface area contributed by atoms with Gasteiger partial charge in [0.2, 0.25) is 0 Å². The van der Waals surface area contributed by atoms with Crippen molar-refractivity contribution in [2.24, 2.45) is 0 Å². The molecular formula is C22H19F3N4O2. The maximum Gasteiger partial charge on any atom is 0.416 e. The number of rotatable bonds is 4. The number of hydrogen-bond acceptors (Lipinski definition) is 4. The first-order valence-electron chi connectivity index (χ1n) is 9.82. The number of ether oxygens (including phenoxy) is 1. The van der Waals surface area contributed by atoms with Crippen molar-refractivity contribution in [1.29, 1.82) is 0 Å². The Morgan fingerprint density at radius 2 is 1.94 bits per heavy atom. The Morgan fingerprint density at radius 3 is 2.58 bits per heavy atom. The van der Waals surface area contributed by atoms with Gasteiger partial charge in [0.15, 0.2) is 0 Å². The van der Waals surface area contributed by atoms with Crippen LogP contribution in [-0.4, -0.2) is 33.9 Å². The van der Waals surface area contributed by atoms with Gasteiger partial charge in [0.05, 0.1) is 37.3 Å². The van der Waals surface area contributed by atoms with Crippen molar-refractivity contribution in [3.05, 3.63) is 76.9 Å². The van der Waals surface area contributed by atoms with E-state index in [9.17, 15) is 18.0 Å². The first-order valence-corrected chi connectivity index (χ1v) is 9.82. The highest BCUT2D eigenvalue weighted by Gasteiger charge is 2.43. The summed E-state index contributed by atoms with van der Waals surface area (Å²) in [4.78, 5) is 18.5. The zero-order chi connectivity index (χ0) is 21.8. The first-order chi connectivity index (χ1) is 14.8. The Kier molecular flexibility index (Phi) is 4.40. The Balaban J connectivity index is 1.48. The summed E-state index contributed by atoms with van der Waals surface area (Å²) in [6.07, 6.45) is -3.01. The number of nitrogens with zero attached hydrogens (tertiary/aromatic N) is 4. The lowest BCUT2D eigenvalue weighted by Gasteiger charge is -2.42. The highest BCUT2D eigenvalue weighted by molar-refractivity contribution is 6.10. The molecule has 31 heavy (non-hydrogen) atoms. The fourth-order valence-corrected chi connectivity index (χ4v) is 4.27. The number of aryl methyl sites for hydroxylation is 1. The van der Waals surface area contributed by atoms with Gasteiger partial charge in [-0.15, -0.1) is 0 Å². The largest absolute Gasteiger partial charge is 0.416 e. The molecule has 0 aliphatic carbocycles. The zero-order valence-corrected chi connectivity index (χ0v) is 16.7. The highest BCUT2D eigenvalue weighted by atomic mass is 19.4. The van der Waals surface area contributed by atoms with E-state index < -0.39 is 17.6 Å². The van der Waals surface area contributed by atoms with Crippen LogP contribution in [0.4, 0.5) is 18.9 Å². The molecule has 0 unspecified atom stereocenters. The minimum Gasteiger partial charge on any atom is -0.379 e. The molecule has 0 bridgehead atoms. The summed E-state index contributed by atoms with van der Waals surface area (Å²) in [6.45, 7) is 3.30. The topological polar surface area (TPSA) is 60.2 Å². The number of hydrogen-bond donors (Lipinski definition) is 0. The summed E-state index contributed by atoms with van der Waals surface area (Å²) in [7, 11) is 0. The Labute approximate surface area is 176 Å². The average molecular weight is 428 g/mol. The molecule has 2 aliphatic heterocycles. The number of anilines is 1. The third-order valence-corrected chi connectivity index (χ3v) is 6.06. The number of alkyl halides is 3. The van der Waals surface area contributed by atoms with E-state index in [0.717, 1.165) is 17.5 Å². The van der Waals surface area contributed by atoms with E-state index in [1.807, 2.05) is 29.8 Å². The van der Waals surface area contributed by atoms with Crippen LogP contribution < -0.4 is 4.90 Å². The second-order valence-electron chi connectivity index (χ2n) is 8.01. The number of amides is 1. The van der Waals surface area contributed by atoms with Crippen LogP contribution in [0.25, 0.3) is 0 Å². The number of benzene rings is 2. The highest BCUT2D eigenvalue weighted by Crippen LogP contribution is 2.40. The van der Waals surface area contributed by atoms with Crippen molar-refractivity contribution in [2.45, 2.75) is 31.6 Å². The maximum atomic E-state index is 13.4. The number of aromatic nitrogens is 3. The van der Waals surface area contributed by atoms with Gasteiger partial charge in [-0.05, 0) is 42.3 Å². The number of carbonyl (C=O) groups is 1. The van der Waals surface area contributed by atoms with E-state index in [4.69, 9.17) is 4.74 Å². The lowest BCUT2D eigenvalue weighted by Crippen LogP contribution is -2.50. The van der Waals surface area contributed by atoms with Crippen LogP contribution in [0, 0.1) is 6.92 Å². The molecule has 0 spiro atoms. The molecule has 1 fully saturated rings. The van der Waals surface area contributed by atoms with E-state index in [1.165, 1.54) is 23.4 Å². The van der Waals surface area contributed by atoms with Crippen molar-refractivity contribution in [3.8, 4) is 0 Å². The van der Waals surface area contributed by atoms with Gasteiger partial charge in [-0.2, -0.15) is 18.3 Å². The van der Waals surface area contributed by atoms with Gasteiger partial charge in [0.1, 0.15) is 12.2 Å². The molecule has 6 nitrogen and oxygen atoms in total. The lowest BCUT2D eigenvalue weighted by molar-refractivity contribution is -0.138. The fourth-order valence-electron chi connectivity index (χ4n) is 4.27. The summed E-state index contributed by atoms with van der Waals surface area (Å²) >= 11 is 0. The Morgan fingerprint density at radius 1 is 1.16 bits per heavy atom. The second-order valence-corrected chi connectivity index (χ2v) is 8.01. The second kappa shape index (κ2) is 6.91. The van der Waals surface area contributed by atoms with Crippen LogP contribution in [0.5, 0.6) is 0 Å². The SMILES string of the molecule is Cc1ncnn1CC1(c2cccc(N3Cc4c(cccc4C(F)(F)F)C3=O)c2)COC1. The number of carbonyl (C=O) groups excluding carboxylic acids is 1. The van der Waals surface area contributed by atoms with Gasteiger partial charge >= 0.3 is 6.18 Å². The van der Waals surface area contributed by atoms with Crippen LogP contribution in [0.1, 0.15) is 32.9 Å². The lowest BCUT2D eigenvalue weighted by atomic mass is 9.78. The van der Waals surface area contributed by atoms with Crippen LogP contribution in [-0.2, 0) is 29.4 Å². The third-order valence-electron chi connectivity index (χ3n) is 6.06. The maximum absolute atomic E-state index is 13.4. The molecule has 0 radical (unpaired) electrons. The molecular weight excluding hydrogens is 409 g/mol. The first kappa shape index (κ1) is 19.7. The van der Waals surface area contributed by atoms with E-state index in [1.54, 1.807) is 6.07 Å². The normalized spacial score (nSPS) is 17.5. The van der Waals surface area contributed by atoms with Crippen LogP contribution in [0.2, 0.25) is 0 Å². The van der Waals surface area contributed by atoms with Gasteiger partial charge in [0.25, 0.3) is 5.91 Å². The third kappa shape index (κ3) is 3.20. The van der Waals surface area contributed by atoms with Crippen LogP contribution >= 0.6 is 0 Å². The Hall–Kier alpha value is -3.20. The molecule has 0 atom stereocenters. The van der Waals surface area contributed by atoms with Gasteiger partial charge in [0, 0.05) is 11.3 Å². The summed E-state index contributed by atoms with van der Waals surface area (Å²) in [5.41, 5.74) is 0.536. The monoisotopic (exact) mass is 428 g/mol. The van der Waals surface area contributed by atoms with Crippen LogP contribution in [0.15, 0.2) is 48.8 Å².